The van der Waals surface area contributed by atoms with Crippen LogP contribution in [0.1, 0.15) is 36.1 Å². The Kier molecular flexibility index (Phi) is 5.46. The van der Waals surface area contributed by atoms with Gasteiger partial charge in [0.15, 0.2) is 0 Å². The van der Waals surface area contributed by atoms with Gasteiger partial charge in [-0.2, -0.15) is 11.3 Å². The Bertz CT molecular complexity index is 553. The van der Waals surface area contributed by atoms with Crippen molar-refractivity contribution in [2.45, 2.75) is 26.3 Å². The van der Waals surface area contributed by atoms with Crippen molar-refractivity contribution in [3.05, 3.63) is 55.1 Å². The molecule has 0 spiro atoms. The van der Waals surface area contributed by atoms with Crippen LogP contribution in [0.5, 0.6) is 0 Å². The van der Waals surface area contributed by atoms with E-state index in [0.29, 0.717) is 0 Å². The lowest BCUT2D eigenvalue weighted by Crippen LogP contribution is -2.23. The molecule has 1 aromatic carbocycles. The van der Waals surface area contributed by atoms with E-state index >= 15 is 0 Å². The molecule has 2 rings (SSSR count). The van der Waals surface area contributed by atoms with E-state index in [4.69, 9.17) is 11.6 Å². The molecule has 1 heterocycles. The predicted molar refractivity (Wildman–Crippen MR) is 88.3 cm³/mol. The van der Waals surface area contributed by atoms with Crippen LogP contribution >= 0.6 is 38.9 Å². The molecule has 2 aromatic rings. The molecule has 1 nitrogen and oxygen atoms in total. The summed E-state index contributed by atoms with van der Waals surface area (Å²) in [6.45, 7) is 5.19. The lowest BCUT2D eigenvalue weighted by molar-refractivity contribution is 0.598. The summed E-state index contributed by atoms with van der Waals surface area (Å²) in [5, 5.41) is 8.72. The van der Waals surface area contributed by atoms with E-state index in [1.165, 1.54) is 11.1 Å². The third kappa shape index (κ3) is 3.60. The van der Waals surface area contributed by atoms with Gasteiger partial charge in [-0.15, -0.1) is 0 Å². The fraction of sp³-hybridized carbons (Fsp3) is 0.333. The standard InChI is InChI=1S/C15H17BrClNS/c1-3-6-18-15(12-8-19-9-13(12)16)11-5-4-10(2)14(17)7-11/h4-5,7-9,15,18H,3,6H2,1-2H3. The number of nitrogens with one attached hydrogen (secondary N) is 1. The molecular formula is C15H17BrClNS. The highest BCUT2D eigenvalue weighted by atomic mass is 79.9. The Labute approximate surface area is 132 Å². The minimum Gasteiger partial charge on any atom is -0.306 e. The number of halogens is 2. The van der Waals surface area contributed by atoms with Gasteiger partial charge in [-0.3, -0.25) is 0 Å². The molecule has 0 radical (unpaired) electrons. The number of thiophene rings is 1. The zero-order chi connectivity index (χ0) is 13.8. The van der Waals surface area contributed by atoms with Gasteiger partial charge in [-0.1, -0.05) is 30.7 Å². The smallest absolute Gasteiger partial charge is 0.0596 e. The van der Waals surface area contributed by atoms with Crippen molar-refractivity contribution in [1.29, 1.82) is 0 Å². The molecule has 0 bridgehead atoms. The minimum atomic E-state index is 0.193. The number of benzene rings is 1. The first kappa shape index (κ1) is 15.0. The van der Waals surface area contributed by atoms with Gasteiger partial charge in [-0.25, -0.2) is 0 Å². The van der Waals surface area contributed by atoms with Gasteiger partial charge in [-0.05, 0) is 64.0 Å². The summed E-state index contributed by atoms with van der Waals surface area (Å²) in [5.74, 6) is 0. The van der Waals surface area contributed by atoms with Gasteiger partial charge in [0.1, 0.15) is 0 Å². The third-order valence-corrected chi connectivity index (χ3v) is 5.24. The SMILES string of the molecule is CCCNC(c1ccc(C)c(Cl)c1)c1cscc1Br. The zero-order valence-corrected chi connectivity index (χ0v) is 14.2. The Balaban J connectivity index is 2.37. The fourth-order valence-corrected chi connectivity index (χ4v) is 3.72. The number of hydrogen-bond acceptors (Lipinski definition) is 2. The molecule has 0 aliphatic rings. The van der Waals surface area contributed by atoms with Gasteiger partial charge < -0.3 is 5.32 Å². The van der Waals surface area contributed by atoms with E-state index in [9.17, 15) is 0 Å². The van der Waals surface area contributed by atoms with Crippen LogP contribution in [0.3, 0.4) is 0 Å². The fourth-order valence-electron chi connectivity index (χ4n) is 1.98. The van der Waals surface area contributed by atoms with Gasteiger partial charge in [0.2, 0.25) is 0 Å². The number of rotatable bonds is 5. The molecule has 0 aliphatic carbocycles. The van der Waals surface area contributed by atoms with E-state index in [1.807, 2.05) is 6.92 Å². The highest BCUT2D eigenvalue weighted by molar-refractivity contribution is 9.10. The molecule has 0 aliphatic heterocycles. The number of aryl methyl sites for hydroxylation is 1. The molecule has 1 atom stereocenters. The van der Waals surface area contributed by atoms with Gasteiger partial charge in [0, 0.05) is 14.9 Å². The second-order valence-corrected chi connectivity index (χ2v) is 6.58. The Hall–Kier alpha value is -0.350. The Morgan fingerprint density at radius 3 is 2.74 bits per heavy atom. The maximum atomic E-state index is 6.26. The molecule has 1 N–H and O–H groups in total. The van der Waals surface area contributed by atoms with Crippen LogP contribution in [-0.4, -0.2) is 6.54 Å². The first-order valence-corrected chi connectivity index (χ1v) is 8.46. The van der Waals surface area contributed by atoms with Crippen molar-refractivity contribution >= 4 is 38.9 Å². The lowest BCUT2D eigenvalue weighted by atomic mass is 10.00. The second kappa shape index (κ2) is 6.89. The Morgan fingerprint density at radius 1 is 1.37 bits per heavy atom. The summed E-state index contributed by atoms with van der Waals surface area (Å²) in [4.78, 5) is 0. The van der Waals surface area contributed by atoms with Crippen LogP contribution in [0.15, 0.2) is 33.4 Å². The molecule has 1 aromatic heterocycles. The summed E-state index contributed by atoms with van der Waals surface area (Å²) in [7, 11) is 0. The molecule has 0 amide bonds. The largest absolute Gasteiger partial charge is 0.306 e. The average Bonchev–Trinajstić information content (AvgIpc) is 2.80. The number of hydrogen-bond donors (Lipinski definition) is 1. The quantitative estimate of drug-likeness (QED) is 0.737. The van der Waals surface area contributed by atoms with E-state index in [1.54, 1.807) is 11.3 Å². The van der Waals surface area contributed by atoms with Crippen LogP contribution in [-0.2, 0) is 0 Å². The summed E-state index contributed by atoms with van der Waals surface area (Å²) in [6.07, 6.45) is 1.11. The minimum absolute atomic E-state index is 0.193. The normalized spacial score (nSPS) is 12.6. The predicted octanol–water partition coefficient (Wildman–Crippen LogP) is 5.56. The van der Waals surface area contributed by atoms with Crippen molar-refractivity contribution in [3.63, 3.8) is 0 Å². The molecule has 19 heavy (non-hydrogen) atoms. The molecule has 0 saturated heterocycles. The summed E-state index contributed by atoms with van der Waals surface area (Å²) < 4.78 is 1.16. The van der Waals surface area contributed by atoms with E-state index < -0.39 is 0 Å². The van der Waals surface area contributed by atoms with E-state index in [2.05, 4.69) is 57.1 Å². The van der Waals surface area contributed by atoms with E-state index in [0.717, 1.165) is 28.0 Å². The van der Waals surface area contributed by atoms with Crippen molar-refractivity contribution in [2.75, 3.05) is 6.54 Å². The van der Waals surface area contributed by atoms with Crippen LogP contribution in [0, 0.1) is 6.92 Å². The second-order valence-electron chi connectivity index (χ2n) is 4.57. The maximum absolute atomic E-state index is 6.26. The third-order valence-electron chi connectivity index (χ3n) is 3.08. The Morgan fingerprint density at radius 2 is 2.16 bits per heavy atom. The zero-order valence-electron chi connectivity index (χ0n) is 11.0. The molecule has 1 unspecified atom stereocenters. The van der Waals surface area contributed by atoms with Crippen LogP contribution in [0.4, 0.5) is 0 Å². The van der Waals surface area contributed by atoms with Gasteiger partial charge in [0.05, 0.1) is 6.04 Å². The molecule has 0 saturated carbocycles. The first-order valence-electron chi connectivity index (χ1n) is 6.34. The summed E-state index contributed by atoms with van der Waals surface area (Å²) >= 11 is 11.6. The lowest BCUT2D eigenvalue weighted by Gasteiger charge is -2.19. The monoisotopic (exact) mass is 357 g/mol. The topological polar surface area (TPSA) is 12.0 Å². The van der Waals surface area contributed by atoms with Gasteiger partial charge >= 0.3 is 0 Å². The highest BCUT2D eigenvalue weighted by Gasteiger charge is 2.17. The maximum Gasteiger partial charge on any atom is 0.0596 e. The van der Waals surface area contributed by atoms with Crippen LogP contribution < -0.4 is 5.32 Å². The average molecular weight is 359 g/mol. The molecular weight excluding hydrogens is 342 g/mol. The van der Waals surface area contributed by atoms with Crippen molar-refractivity contribution in [1.82, 2.24) is 5.32 Å². The first-order chi connectivity index (χ1) is 9.13. The van der Waals surface area contributed by atoms with Gasteiger partial charge in [0.25, 0.3) is 0 Å². The van der Waals surface area contributed by atoms with Crippen LogP contribution in [0.25, 0.3) is 0 Å². The molecule has 0 fully saturated rings. The van der Waals surface area contributed by atoms with Crippen molar-refractivity contribution < 1.29 is 0 Å². The highest BCUT2D eigenvalue weighted by Crippen LogP contribution is 2.33. The van der Waals surface area contributed by atoms with Crippen LogP contribution in [0.2, 0.25) is 5.02 Å². The molecule has 4 heteroatoms. The molecule has 102 valence electrons. The van der Waals surface area contributed by atoms with Crippen molar-refractivity contribution in [3.8, 4) is 0 Å². The summed E-state index contributed by atoms with van der Waals surface area (Å²) in [5.41, 5.74) is 3.60. The van der Waals surface area contributed by atoms with Crippen molar-refractivity contribution in [2.24, 2.45) is 0 Å². The summed E-state index contributed by atoms with van der Waals surface area (Å²) in [6, 6.07) is 6.49. The van der Waals surface area contributed by atoms with E-state index in [-0.39, 0.29) is 6.04 Å².